The van der Waals surface area contributed by atoms with Crippen molar-refractivity contribution in [1.82, 2.24) is 10.6 Å². The molecule has 1 fully saturated rings. The Bertz CT molecular complexity index is 827. The minimum absolute atomic E-state index is 0.0372. The SMILES string of the molecule is N#CC(C#N)=C(NCc1cc(C(F)(F)F)cc(C(F)(F)F)c1)N[C@@H]1CCCC[C@H]1N. The molecule has 2 atom stereocenters. The summed E-state index contributed by atoms with van der Waals surface area (Å²) < 4.78 is 78.1. The second-order valence-electron chi connectivity index (χ2n) is 6.94. The lowest BCUT2D eigenvalue weighted by atomic mass is 9.91. The molecule has 0 aromatic heterocycles. The quantitative estimate of drug-likeness (QED) is 0.485. The van der Waals surface area contributed by atoms with Gasteiger partial charge in [-0.15, -0.1) is 0 Å². The summed E-state index contributed by atoms with van der Waals surface area (Å²) in [5.74, 6) is -0.0756. The maximum atomic E-state index is 13.0. The number of nitriles is 2. The lowest BCUT2D eigenvalue weighted by Crippen LogP contribution is -2.48. The molecule has 0 amide bonds. The number of alkyl halides is 6. The summed E-state index contributed by atoms with van der Waals surface area (Å²) in [6.07, 6.45) is -6.80. The molecule has 1 aliphatic rings. The van der Waals surface area contributed by atoms with Crippen molar-refractivity contribution in [3.05, 3.63) is 46.3 Å². The summed E-state index contributed by atoms with van der Waals surface area (Å²) in [5, 5.41) is 23.8. The molecule has 4 N–H and O–H groups in total. The third-order valence-electron chi connectivity index (χ3n) is 4.74. The minimum atomic E-state index is -4.97. The standard InChI is InChI=1S/C19H19F6N5/c20-18(21,22)13-5-11(6-14(7-13)19(23,24)25)10-29-17(12(8-26)9-27)30-16-4-2-1-3-15(16)28/h5-7,15-16,29-30H,1-4,10,28H2/t15-,16-/m1/s1. The van der Waals surface area contributed by atoms with E-state index in [0.717, 1.165) is 12.8 Å². The fourth-order valence-electron chi connectivity index (χ4n) is 3.18. The fraction of sp³-hybridized carbons (Fsp3) is 0.474. The smallest absolute Gasteiger partial charge is 0.366 e. The Morgan fingerprint density at radius 2 is 1.50 bits per heavy atom. The van der Waals surface area contributed by atoms with Gasteiger partial charge in [0.05, 0.1) is 11.1 Å². The number of hydrogen-bond acceptors (Lipinski definition) is 5. The van der Waals surface area contributed by atoms with E-state index in [1.807, 2.05) is 0 Å². The minimum Gasteiger partial charge on any atom is -0.366 e. The summed E-state index contributed by atoms with van der Waals surface area (Å²) >= 11 is 0. The predicted octanol–water partition coefficient (Wildman–Crippen LogP) is 3.93. The first-order chi connectivity index (χ1) is 14.0. The summed E-state index contributed by atoms with van der Waals surface area (Å²) in [4.78, 5) is 0. The first-order valence-electron chi connectivity index (χ1n) is 9.04. The van der Waals surface area contributed by atoms with Gasteiger partial charge in [-0.2, -0.15) is 36.9 Å². The Labute approximate surface area is 169 Å². The average Bonchev–Trinajstić information content (AvgIpc) is 2.67. The molecule has 1 saturated carbocycles. The fourth-order valence-corrected chi connectivity index (χ4v) is 3.18. The lowest BCUT2D eigenvalue weighted by molar-refractivity contribution is -0.143. The second-order valence-corrected chi connectivity index (χ2v) is 6.94. The zero-order chi connectivity index (χ0) is 22.5. The molecule has 2 rings (SSSR count). The van der Waals surface area contributed by atoms with E-state index < -0.39 is 30.0 Å². The van der Waals surface area contributed by atoms with E-state index in [9.17, 15) is 26.3 Å². The number of halogens is 6. The number of hydrogen-bond donors (Lipinski definition) is 3. The van der Waals surface area contributed by atoms with Crippen LogP contribution in [0.15, 0.2) is 29.6 Å². The van der Waals surface area contributed by atoms with Gasteiger partial charge in [0.15, 0.2) is 5.57 Å². The van der Waals surface area contributed by atoms with Gasteiger partial charge in [0.1, 0.15) is 18.0 Å². The van der Waals surface area contributed by atoms with E-state index in [0.29, 0.717) is 25.0 Å². The summed E-state index contributed by atoms with van der Waals surface area (Å²) in [6, 6.07) is 3.97. The summed E-state index contributed by atoms with van der Waals surface area (Å²) in [7, 11) is 0. The normalized spacial score (nSPS) is 19.4. The van der Waals surface area contributed by atoms with Gasteiger partial charge < -0.3 is 16.4 Å². The number of benzene rings is 1. The van der Waals surface area contributed by atoms with Crippen LogP contribution in [0.3, 0.4) is 0 Å². The summed E-state index contributed by atoms with van der Waals surface area (Å²) in [5.41, 5.74) is 2.46. The third-order valence-corrected chi connectivity index (χ3v) is 4.74. The molecule has 0 saturated heterocycles. The monoisotopic (exact) mass is 431 g/mol. The Morgan fingerprint density at radius 3 is 1.97 bits per heavy atom. The van der Waals surface area contributed by atoms with Crippen LogP contribution in [-0.2, 0) is 18.9 Å². The Balaban J connectivity index is 2.31. The van der Waals surface area contributed by atoms with E-state index in [2.05, 4.69) is 10.6 Å². The van der Waals surface area contributed by atoms with Gasteiger partial charge in [-0.3, -0.25) is 0 Å². The average molecular weight is 431 g/mol. The topological polar surface area (TPSA) is 97.7 Å². The van der Waals surface area contributed by atoms with E-state index in [4.69, 9.17) is 16.3 Å². The molecule has 0 heterocycles. The highest BCUT2D eigenvalue weighted by molar-refractivity contribution is 5.40. The van der Waals surface area contributed by atoms with Crippen LogP contribution in [0.1, 0.15) is 42.4 Å². The molecule has 0 spiro atoms. The molecule has 11 heteroatoms. The van der Waals surface area contributed by atoms with Crippen LogP contribution in [0.25, 0.3) is 0 Å². The van der Waals surface area contributed by atoms with E-state index >= 15 is 0 Å². The van der Waals surface area contributed by atoms with E-state index in [1.165, 1.54) is 0 Å². The van der Waals surface area contributed by atoms with Crippen molar-refractivity contribution >= 4 is 0 Å². The Morgan fingerprint density at radius 1 is 0.967 bits per heavy atom. The third kappa shape index (κ3) is 6.04. The maximum absolute atomic E-state index is 13.0. The van der Waals surface area contributed by atoms with Crippen molar-refractivity contribution < 1.29 is 26.3 Å². The summed E-state index contributed by atoms with van der Waals surface area (Å²) in [6.45, 7) is -0.468. The number of nitrogens with zero attached hydrogens (tertiary/aromatic N) is 2. The van der Waals surface area contributed by atoms with Crippen LogP contribution in [-0.4, -0.2) is 12.1 Å². The maximum Gasteiger partial charge on any atom is 0.416 e. The van der Waals surface area contributed by atoms with Crippen LogP contribution in [0, 0.1) is 22.7 Å². The van der Waals surface area contributed by atoms with Crippen molar-refractivity contribution in [2.75, 3.05) is 0 Å². The molecule has 0 aliphatic heterocycles. The Kier molecular flexibility index (Phi) is 7.21. The molecule has 0 unspecified atom stereocenters. The van der Waals surface area contributed by atoms with Crippen LogP contribution in [0.2, 0.25) is 0 Å². The van der Waals surface area contributed by atoms with Crippen LogP contribution < -0.4 is 16.4 Å². The molecule has 1 aromatic carbocycles. The van der Waals surface area contributed by atoms with Gasteiger partial charge in [0.2, 0.25) is 0 Å². The zero-order valence-electron chi connectivity index (χ0n) is 15.7. The predicted molar refractivity (Wildman–Crippen MR) is 94.9 cm³/mol. The molecule has 5 nitrogen and oxygen atoms in total. The molecular weight excluding hydrogens is 412 g/mol. The molecule has 30 heavy (non-hydrogen) atoms. The first kappa shape index (κ1) is 23.4. The van der Waals surface area contributed by atoms with Crippen molar-refractivity contribution in [1.29, 1.82) is 10.5 Å². The van der Waals surface area contributed by atoms with Crippen LogP contribution in [0.4, 0.5) is 26.3 Å². The number of rotatable bonds is 5. The van der Waals surface area contributed by atoms with Gasteiger partial charge in [-0.1, -0.05) is 12.8 Å². The molecule has 0 bridgehead atoms. The zero-order valence-corrected chi connectivity index (χ0v) is 15.7. The molecule has 1 aliphatic carbocycles. The number of nitrogens with one attached hydrogen (secondary N) is 2. The van der Waals surface area contributed by atoms with E-state index in [1.54, 1.807) is 12.1 Å². The number of nitrogens with two attached hydrogens (primary N) is 1. The van der Waals surface area contributed by atoms with Crippen LogP contribution >= 0.6 is 0 Å². The largest absolute Gasteiger partial charge is 0.416 e. The highest BCUT2D eigenvalue weighted by Gasteiger charge is 2.36. The first-order valence-corrected chi connectivity index (χ1v) is 9.04. The molecule has 162 valence electrons. The lowest BCUT2D eigenvalue weighted by Gasteiger charge is -2.31. The molecule has 1 aromatic rings. The van der Waals surface area contributed by atoms with Crippen molar-refractivity contribution in [3.8, 4) is 12.1 Å². The van der Waals surface area contributed by atoms with E-state index in [-0.39, 0.29) is 35.1 Å². The molecular formula is C19H19F6N5. The van der Waals surface area contributed by atoms with Gasteiger partial charge >= 0.3 is 12.4 Å². The van der Waals surface area contributed by atoms with Gasteiger partial charge in [-0.05, 0) is 36.6 Å². The van der Waals surface area contributed by atoms with Crippen molar-refractivity contribution in [3.63, 3.8) is 0 Å². The van der Waals surface area contributed by atoms with Crippen molar-refractivity contribution in [2.24, 2.45) is 5.73 Å². The van der Waals surface area contributed by atoms with Gasteiger partial charge in [0.25, 0.3) is 0 Å². The highest BCUT2D eigenvalue weighted by Crippen LogP contribution is 2.36. The molecule has 0 radical (unpaired) electrons. The van der Waals surface area contributed by atoms with Gasteiger partial charge in [0, 0.05) is 18.6 Å². The number of allylic oxidation sites excluding steroid dienone is 1. The van der Waals surface area contributed by atoms with Crippen molar-refractivity contribution in [2.45, 2.75) is 56.7 Å². The highest BCUT2D eigenvalue weighted by atomic mass is 19.4. The van der Waals surface area contributed by atoms with Crippen LogP contribution in [0.5, 0.6) is 0 Å². The second kappa shape index (κ2) is 9.26. The Hall–Kier alpha value is -2.92. The van der Waals surface area contributed by atoms with Gasteiger partial charge in [-0.25, -0.2) is 0 Å².